The van der Waals surface area contributed by atoms with Crippen LogP contribution in [0, 0.1) is 0 Å². The number of aliphatic imine (C=N–C) groups is 1. The van der Waals surface area contributed by atoms with Crippen LogP contribution in [0.25, 0.3) is 0 Å². The Bertz CT molecular complexity index is 611. The van der Waals surface area contributed by atoms with Crippen molar-refractivity contribution in [2.75, 3.05) is 13.1 Å². The maximum Gasteiger partial charge on any atom is 0.328 e. The van der Waals surface area contributed by atoms with Crippen molar-refractivity contribution < 1.29 is 14.3 Å². The lowest BCUT2D eigenvalue weighted by molar-refractivity contribution is -0.149. The second kappa shape index (κ2) is 10.4. The van der Waals surface area contributed by atoms with Crippen molar-refractivity contribution in [2.24, 2.45) is 16.5 Å². The summed E-state index contributed by atoms with van der Waals surface area (Å²) >= 11 is 0. The molecule has 1 aliphatic rings. The fraction of sp³-hybridized carbons (Fsp3) is 0.500. The molecule has 2 rings (SSSR count). The molecule has 8 nitrogen and oxygen atoms in total. The first-order chi connectivity index (χ1) is 12.6. The lowest BCUT2D eigenvalue weighted by atomic mass is 10.1. The predicted octanol–water partition coefficient (Wildman–Crippen LogP) is 0.0202. The molecule has 1 aromatic rings. The Hall–Kier alpha value is -2.61. The highest BCUT2D eigenvalue weighted by molar-refractivity contribution is 5.87. The number of amides is 1. The zero-order valence-electron chi connectivity index (χ0n) is 14.8. The van der Waals surface area contributed by atoms with E-state index in [2.05, 4.69) is 15.6 Å². The van der Waals surface area contributed by atoms with E-state index in [1.54, 1.807) is 0 Å². The average Bonchev–Trinajstić information content (AvgIpc) is 3.17. The Morgan fingerprint density at radius 2 is 2.08 bits per heavy atom. The molecular weight excluding hydrogens is 334 g/mol. The Kier molecular flexibility index (Phi) is 7.88. The molecule has 142 valence electrons. The monoisotopic (exact) mass is 361 g/mol. The highest BCUT2D eigenvalue weighted by Gasteiger charge is 2.27. The molecule has 6 N–H and O–H groups in total. The van der Waals surface area contributed by atoms with Crippen LogP contribution in [0.5, 0.6) is 0 Å². The van der Waals surface area contributed by atoms with Crippen LogP contribution in [0.15, 0.2) is 35.3 Å². The highest BCUT2D eigenvalue weighted by atomic mass is 16.5. The van der Waals surface area contributed by atoms with E-state index in [4.69, 9.17) is 16.2 Å². The number of rotatable bonds is 9. The average molecular weight is 361 g/mol. The smallest absolute Gasteiger partial charge is 0.328 e. The fourth-order valence-electron chi connectivity index (χ4n) is 2.76. The van der Waals surface area contributed by atoms with Gasteiger partial charge in [0.25, 0.3) is 0 Å². The SMILES string of the molecule is NC(N)=NCCC[C@H](NC(=O)[C@@H]1CCCN1)C(=O)OCc1ccccc1. The molecule has 0 spiro atoms. The summed E-state index contributed by atoms with van der Waals surface area (Å²) in [5.41, 5.74) is 11.5. The molecule has 26 heavy (non-hydrogen) atoms. The minimum atomic E-state index is -0.720. The molecule has 0 aromatic heterocycles. The van der Waals surface area contributed by atoms with Crippen molar-refractivity contribution in [3.63, 3.8) is 0 Å². The molecule has 1 aliphatic heterocycles. The van der Waals surface area contributed by atoms with Crippen LogP contribution in [0.4, 0.5) is 0 Å². The summed E-state index contributed by atoms with van der Waals surface area (Å²) in [4.78, 5) is 28.7. The van der Waals surface area contributed by atoms with E-state index in [0.717, 1.165) is 24.9 Å². The van der Waals surface area contributed by atoms with Crippen molar-refractivity contribution in [2.45, 2.75) is 44.4 Å². The number of ether oxygens (including phenoxy) is 1. The van der Waals surface area contributed by atoms with Gasteiger partial charge in [-0.15, -0.1) is 0 Å². The number of esters is 1. The van der Waals surface area contributed by atoms with Crippen molar-refractivity contribution >= 4 is 17.8 Å². The molecule has 1 saturated heterocycles. The molecule has 1 amide bonds. The Balaban J connectivity index is 1.90. The van der Waals surface area contributed by atoms with Crippen LogP contribution in [-0.4, -0.2) is 43.0 Å². The molecule has 0 radical (unpaired) electrons. The number of carbonyl (C=O) groups excluding carboxylic acids is 2. The van der Waals surface area contributed by atoms with E-state index >= 15 is 0 Å². The number of benzene rings is 1. The van der Waals surface area contributed by atoms with Gasteiger partial charge in [-0.3, -0.25) is 9.79 Å². The molecule has 1 fully saturated rings. The molecular formula is C18H27N5O3. The van der Waals surface area contributed by atoms with E-state index < -0.39 is 12.0 Å². The summed E-state index contributed by atoms with van der Waals surface area (Å²) in [6.45, 7) is 1.37. The van der Waals surface area contributed by atoms with Crippen LogP contribution >= 0.6 is 0 Å². The van der Waals surface area contributed by atoms with E-state index in [9.17, 15) is 9.59 Å². The number of hydrogen-bond donors (Lipinski definition) is 4. The minimum Gasteiger partial charge on any atom is -0.459 e. The zero-order chi connectivity index (χ0) is 18.8. The third-order valence-corrected chi connectivity index (χ3v) is 4.15. The van der Waals surface area contributed by atoms with Gasteiger partial charge in [0.15, 0.2) is 5.96 Å². The maximum atomic E-state index is 12.5. The predicted molar refractivity (Wildman–Crippen MR) is 99.1 cm³/mol. The van der Waals surface area contributed by atoms with Gasteiger partial charge in [-0.05, 0) is 37.8 Å². The van der Waals surface area contributed by atoms with Crippen molar-refractivity contribution in [3.05, 3.63) is 35.9 Å². The molecule has 0 unspecified atom stereocenters. The van der Waals surface area contributed by atoms with Crippen LogP contribution in [-0.2, 0) is 20.9 Å². The topological polar surface area (TPSA) is 132 Å². The number of guanidine groups is 1. The van der Waals surface area contributed by atoms with Crippen LogP contribution in [0.1, 0.15) is 31.2 Å². The van der Waals surface area contributed by atoms with Gasteiger partial charge in [0.05, 0.1) is 6.04 Å². The first-order valence-corrected chi connectivity index (χ1v) is 8.86. The Morgan fingerprint density at radius 3 is 2.73 bits per heavy atom. The summed E-state index contributed by atoms with van der Waals surface area (Å²) in [5.74, 6) is -0.622. The van der Waals surface area contributed by atoms with Crippen molar-refractivity contribution in [1.82, 2.24) is 10.6 Å². The largest absolute Gasteiger partial charge is 0.459 e. The van der Waals surface area contributed by atoms with Gasteiger partial charge in [0, 0.05) is 6.54 Å². The van der Waals surface area contributed by atoms with Crippen LogP contribution in [0.2, 0.25) is 0 Å². The molecule has 1 heterocycles. The third-order valence-electron chi connectivity index (χ3n) is 4.15. The second-order valence-corrected chi connectivity index (χ2v) is 6.25. The summed E-state index contributed by atoms with van der Waals surface area (Å²) in [5, 5.41) is 5.92. The fourth-order valence-corrected chi connectivity index (χ4v) is 2.76. The number of nitrogens with zero attached hydrogens (tertiary/aromatic N) is 1. The summed E-state index contributed by atoms with van der Waals surface area (Å²) in [6, 6.07) is 8.43. The van der Waals surface area contributed by atoms with Crippen LogP contribution in [0.3, 0.4) is 0 Å². The molecule has 0 saturated carbocycles. The Morgan fingerprint density at radius 1 is 1.31 bits per heavy atom. The molecule has 0 aliphatic carbocycles. The number of carbonyl (C=O) groups is 2. The third kappa shape index (κ3) is 6.72. The van der Waals surface area contributed by atoms with Crippen LogP contribution < -0.4 is 22.1 Å². The normalized spacial score (nSPS) is 17.3. The first kappa shape index (κ1) is 19.7. The van der Waals surface area contributed by atoms with Gasteiger partial charge < -0.3 is 26.8 Å². The van der Waals surface area contributed by atoms with E-state index in [1.807, 2.05) is 30.3 Å². The summed E-state index contributed by atoms with van der Waals surface area (Å²) in [6.07, 6.45) is 2.68. The standard InChI is InChI=1S/C18H27N5O3/c19-18(20)22-11-5-9-15(23-16(24)14-8-4-10-21-14)17(25)26-12-13-6-2-1-3-7-13/h1-3,6-7,14-15,21H,4-5,8-12H2,(H,23,24)(H4,19,20,22)/t14-,15-/m0/s1. The van der Waals surface area contributed by atoms with E-state index in [0.29, 0.717) is 19.4 Å². The lowest BCUT2D eigenvalue weighted by Crippen LogP contribution is -2.48. The van der Waals surface area contributed by atoms with Gasteiger partial charge in [0.1, 0.15) is 12.6 Å². The quantitative estimate of drug-likeness (QED) is 0.212. The van der Waals surface area contributed by atoms with Gasteiger partial charge in [0.2, 0.25) is 5.91 Å². The first-order valence-electron chi connectivity index (χ1n) is 8.86. The second-order valence-electron chi connectivity index (χ2n) is 6.25. The highest BCUT2D eigenvalue weighted by Crippen LogP contribution is 2.09. The molecule has 8 heteroatoms. The number of nitrogens with two attached hydrogens (primary N) is 2. The van der Waals surface area contributed by atoms with Gasteiger partial charge in [-0.25, -0.2) is 4.79 Å². The van der Waals surface area contributed by atoms with Gasteiger partial charge in [-0.1, -0.05) is 30.3 Å². The number of hydrogen-bond acceptors (Lipinski definition) is 5. The van der Waals surface area contributed by atoms with Crippen molar-refractivity contribution in [1.29, 1.82) is 0 Å². The lowest BCUT2D eigenvalue weighted by Gasteiger charge is -2.20. The maximum absolute atomic E-state index is 12.5. The molecule has 2 atom stereocenters. The van der Waals surface area contributed by atoms with Crippen molar-refractivity contribution in [3.8, 4) is 0 Å². The van der Waals surface area contributed by atoms with Gasteiger partial charge in [-0.2, -0.15) is 0 Å². The van der Waals surface area contributed by atoms with Gasteiger partial charge >= 0.3 is 5.97 Å². The molecule has 1 aromatic carbocycles. The summed E-state index contributed by atoms with van der Waals surface area (Å²) < 4.78 is 5.37. The Labute approximate surface area is 153 Å². The summed E-state index contributed by atoms with van der Waals surface area (Å²) in [7, 11) is 0. The number of nitrogens with one attached hydrogen (secondary N) is 2. The zero-order valence-corrected chi connectivity index (χ0v) is 14.8. The molecule has 0 bridgehead atoms. The minimum absolute atomic E-state index is 0.00685. The van der Waals surface area contributed by atoms with E-state index in [-0.39, 0.29) is 24.5 Å². The van der Waals surface area contributed by atoms with E-state index in [1.165, 1.54) is 0 Å².